The lowest BCUT2D eigenvalue weighted by atomic mass is 9.93. The van der Waals surface area contributed by atoms with E-state index in [4.69, 9.17) is 10.8 Å². The Morgan fingerprint density at radius 3 is 2.25 bits per heavy atom. The molecule has 0 fully saturated rings. The summed E-state index contributed by atoms with van der Waals surface area (Å²) in [6, 6.07) is 0. The molecule has 16 heavy (non-hydrogen) atoms. The van der Waals surface area contributed by atoms with Crippen LogP contribution in [0.25, 0.3) is 0 Å². The Morgan fingerprint density at radius 1 is 1.31 bits per heavy atom. The van der Waals surface area contributed by atoms with E-state index in [0.29, 0.717) is 19.3 Å². The topological polar surface area (TPSA) is 75.3 Å². The van der Waals surface area contributed by atoms with Crippen molar-refractivity contribution in [3.8, 4) is 0 Å². The van der Waals surface area contributed by atoms with Crippen molar-refractivity contribution in [3.63, 3.8) is 0 Å². The van der Waals surface area contributed by atoms with E-state index in [2.05, 4.69) is 5.32 Å². The first-order valence-electron chi connectivity index (χ1n) is 5.93. The molecule has 0 spiro atoms. The average molecular weight is 230 g/mol. The second kappa shape index (κ2) is 6.21. The van der Waals surface area contributed by atoms with Gasteiger partial charge in [-0.3, -0.25) is 4.79 Å². The van der Waals surface area contributed by atoms with Crippen molar-refractivity contribution < 1.29 is 9.90 Å². The van der Waals surface area contributed by atoms with Crippen LogP contribution in [0.4, 0.5) is 0 Å². The molecule has 1 amide bonds. The summed E-state index contributed by atoms with van der Waals surface area (Å²) in [5.41, 5.74) is 5.21. The van der Waals surface area contributed by atoms with Gasteiger partial charge in [0, 0.05) is 24.1 Å². The fourth-order valence-corrected chi connectivity index (χ4v) is 1.41. The smallest absolute Gasteiger partial charge is 0.220 e. The van der Waals surface area contributed by atoms with Crippen molar-refractivity contribution in [1.29, 1.82) is 0 Å². The molecule has 0 radical (unpaired) electrons. The molecule has 0 heterocycles. The Bertz CT molecular complexity index is 224. The third-order valence-electron chi connectivity index (χ3n) is 2.88. The predicted molar refractivity (Wildman–Crippen MR) is 66.0 cm³/mol. The highest BCUT2D eigenvalue weighted by molar-refractivity contribution is 5.76. The van der Waals surface area contributed by atoms with Crippen molar-refractivity contribution in [2.75, 3.05) is 6.61 Å². The number of carbonyl (C=O) groups is 1. The van der Waals surface area contributed by atoms with Crippen LogP contribution in [0.15, 0.2) is 0 Å². The third kappa shape index (κ3) is 6.80. The van der Waals surface area contributed by atoms with Crippen LogP contribution in [0, 0.1) is 0 Å². The van der Waals surface area contributed by atoms with E-state index in [-0.39, 0.29) is 23.6 Å². The molecule has 4 heteroatoms. The summed E-state index contributed by atoms with van der Waals surface area (Å²) < 4.78 is 0. The normalized spacial score (nSPS) is 15.6. The molecule has 0 aromatic heterocycles. The number of aliphatic hydroxyl groups excluding tert-OH is 1. The number of amides is 1. The maximum Gasteiger partial charge on any atom is 0.220 e. The SMILES string of the molecule is CCC(C)(CCO)NC(=O)CCC(C)(C)N. The first-order valence-corrected chi connectivity index (χ1v) is 5.93. The van der Waals surface area contributed by atoms with E-state index in [1.165, 1.54) is 0 Å². The van der Waals surface area contributed by atoms with Crippen LogP contribution in [-0.2, 0) is 4.79 Å². The van der Waals surface area contributed by atoms with Crippen molar-refractivity contribution in [3.05, 3.63) is 0 Å². The largest absolute Gasteiger partial charge is 0.396 e. The van der Waals surface area contributed by atoms with Gasteiger partial charge in [0.1, 0.15) is 0 Å². The first-order chi connectivity index (χ1) is 7.22. The van der Waals surface area contributed by atoms with Gasteiger partial charge in [-0.05, 0) is 40.0 Å². The molecule has 0 aliphatic heterocycles. The maximum atomic E-state index is 11.7. The van der Waals surface area contributed by atoms with E-state index in [1.807, 2.05) is 27.7 Å². The summed E-state index contributed by atoms with van der Waals surface area (Å²) in [6.45, 7) is 7.87. The summed E-state index contributed by atoms with van der Waals surface area (Å²) in [6.07, 6.45) is 2.49. The van der Waals surface area contributed by atoms with Crippen LogP contribution in [0.3, 0.4) is 0 Å². The molecule has 4 N–H and O–H groups in total. The van der Waals surface area contributed by atoms with Gasteiger partial charge in [0.2, 0.25) is 5.91 Å². The van der Waals surface area contributed by atoms with Gasteiger partial charge < -0.3 is 16.2 Å². The van der Waals surface area contributed by atoms with Crippen molar-refractivity contribution in [2.45, 2.75) is 64.5 Å². The quantitative estimate of drug-likeness (QED) is 0.614. The predicted octanol–water partition coefficient (Wildman–Crippen LogP) is 1.17. The number of nitrogens with two attached hydrogens (primary N) is 1. The molecule has 0 aliphatic rings. The van der Waals surface area contributed by atoms with Gasteiger partial charge >= 0.3 is 0 Å². The molecule has 0 saturated carbocycles. The lowest BCUT2D eigenvalue weighted by Gasteiger charge is -2.29. The monoisotopic (exact) mass is 230 g/mol. The molecule has 1 atom stereocenters. The zero-order chi connectivity index (χ0) is 12.8. The molecular formula is C12H26N2O2. The summed E-state index contributed by atoms with van der Waals surface area (Å²) in [5, 5.41) is 11.9. The van der Waals surface area contributed by atoms with Crippen LogP contribution in [0.1, 0.15) is 53.4 Å². The van der Waals surface area contributed by atoms with Gasteiger partial charge in [-0.25, -0.2) is 0 Å². The molecule has 0 rings (SSSR count). The Hall–Kier alpha value is -0.610. The van der Waals surface area contributed by atoms with Crippen LogP contribution >= 0.6 is 0 Å². The average Bonchev–Trinajstić information content (AvgIpc) is 2.14. The van der Waals surface area contributed by atoms with Gasteiger partial charge in [0.25, 0.3) is 0 Å². The molecule has 96 valence electrons. The molecule has 1 unspecified atom stereocenters. The van der Waals surface area contributed by atoms with Crippen LogP contribution in [0.5, 0.6) is 0 Å². The lowest BCUT2D eigenvalue weighted by Crippen LogP contribution is -2.46. The van der Waals surface area contributed by atoms with Crippen molar-refractivity contribution in [2.24, 2.45) is 5.73 Å². The number of nitrogens with one attached hydrogen (secondary N) is 1. The van der Waals surface area contributed by atoms with Gasteiger partial charge in [-0.2, -0.15) is 0 Å². The highest BCUT2D eigenvalue weighted by Crippen LogP contribution is 2.15. The first kappa shape index (κ1) is 15.4. The second-order valence-corrected chi connectivity index (χ2v) is 5.42. The van der Waals surface area contributed by atoms with Crippen LogP contribution in [-0.4, -0.2) is 28.7 Å². The van der Waals surface area contributed by atoms with Gasteiger partial charge in [0.15, 0.2) is 0 Å². The zero-order valence-corrected chi connectivity index (χ0v) is 11.0. The number of carbonyl (C=O) groups excluding carboxylic acids is 1. The van der Waals surface area contributed by atoms with E-state index in [9.17, 15) is 4.79 Å². The summed E-state index contributed by atoms with van der Waals surface area (Å²) >= 11 is 0. The molecule has 0 saturated heterocycles. The standard InChI is InChI=1S/C12H26N2O2/c1-5-12(4,8-9-15)14-10(16)6-7-11(2,3)13/h15H,5-9,13H2,1-4H3,(H,14,16). The fraction of sp³-hybridized carbons (Fsp3) is 0.917. The van der Waals surface area contributed by atoms with Crippen molar-refractivity contribution >= 4 is 5.91 Å². The molecule has 0 aromatic carbocycles. The minimum absolute atomic E-state index is 0.0105. The lowest BCUT2D eigenvalue weighted by molar-refractivity contribution is -0.123. The van der Waals surface area contributed by atoms with Gasteiger partial charge in [0.05, 0.1) is 0 Å². The van der Waals surface area contributed by atoms with E-state index in [1.54, 1.807) is 0 Å². The van der Waals surface area contributed by atoms with Crippen molar-refractivity contribution in [1.82, 2.24) is 5.32 Å². The van der Waals surface area contributed by atoms with Gasteiger partial charge in [-0.15, -0.1) is 0 Å². The van der Waals surface area contributed by atoms with Crippen LogP contribution in [0.2, 0.25) is 0 Å². The molecule has 4 nitrogen and oxygen atoms in total. The van der Waals surface area contributed by atoms with E-state index < -0.39 is 0 Å². The Balaban J connectivity index is 4.11. The summed E-state index contributed by atoms with van der Waals surface area (Å²) in [5.74, 6) is 0.0105. The molecule has 0 bridgehead atoms. The zero-order valence-electron chi connectivity index (χ0n) is 11.0. The number of hydrogen-bond acceptors (Lipinski definition) is 3. The highest BCUT2D eigenvalue weighted by Gasteiger charge is 2.24. The Labute approximate surface area is 98.6 Å². The number of rotatable bonds is 7. The molecule has 0 aliphatic carbocycles. The van der Waals surface area contributed by atoms with Crippen LogP contribution < -0.4 is 11.1 Å². The van der Waals surface area contributed by atoms with Gasteiger partial charge in [-0.1, -0.05) is 6.92 Å². The minimum atomic E-state index is -0.309. The van der Waals surface area contributed by atoms with E-state index in [0.717, 1.165) is 6.42 Å². The highest BCUT2D eigenvalue weighted by atomic mass is 16.3. The number of aliphatic hydroxyl groups is 1. The minimum Gasteiger partial charge on any atom is -0.396 e. The molecule has 0 aromatic rings. The maximum absolute atomic E-state index is 11.7. The Morgan fingerprint density at radius 2 is 1.88 bits per heavy atom. The number of hydrogen-bond donors (Lipinski definition) is 3. The second-order valence-electron chi connectivity index (χ2n) is 5.42. The summed E-state index contributed by atoms with van der Waals surface area (Å²) in [7, 11) is 0. The molecular weight excluding hydrogens is 204 g/mol. The third-order valence-corrected chi connectivity index (χ3v) is 2.88. The summed E-state index contributed by atoms with van der Waals surface area (Å²) in [4.78, 5) is 11.7. The van der Waals surface area contributed by atoms with E-state index >= 15 is 0 Å². The fourth-order valence-electron chi connectivity index (χ4n) is 1.41. The Kier molecular flexibility index (Phi) is 5.97.